The van der Waals surface area contributed by atoms with Gasteiger partial charge in [-0.3, -0.25) is 4.79 Å². The van der Waals surface area contributed by atoms with Crippen molar-refractivity contribution in [1.82, 2.24) is 0 Å². The van der Waals surface area contributed by atoms with Crippen molar-refractivity contribution >= 4 is 22.7 Å². The summed E-state index contributed by atoms with van der Waals surface area (Å²) in [6.45, 7) is 25.4. The van der Waals surface area contributed by atoms with Crippen LogP contribution >= 0.6 is 0 Å². The average Bonchev–Trinajstić information content (AvgIpc) is 2.67. The third kappa shape index (κ3) is 11.7. The van der Waals surface area contributed by atoms with Gasteiger partial charge in [-0.1, -0.05) is 73.3 Å². The van der Waals surface area contributed by atoms with Crippen molar-refractivity contribution in [3.05, 3.63) is 59.7 Å². The minimum atomic E-state index is -1.74. The molecule has 0 spiro atoms. The summed E-state index contributed by atoms with van der Waals surface area (Å²) in [7, 11) is -2.59. The predicted molar refractivity (Wildman–Crippen MR) is 147 cm³/mol. The van der Waals surface area contributed by atoms with Gasteiger partial charge in [0.1, 0.15) is 17.8 Å². The lowest BCUT2D eigenvalue weighted by Crippen LogP contribution is -2.43. The summed E-state index contributed by atoms with van der Waals surface area (Å²) in [5, 5.41) is 18.5. The van der Waals surface area contributed by atoms with Crippen molar-refractivity contribution in [2.75, 3.05) is 0 Å². The standard InChI is InChI=1S/C13H22O2Si.C7H6O2.C7H18Si/c1-13(2,3)16(4,5)15-12-8-6-11(10-14)7-9-12;8-5-6-1-3-7(9)4-2-6;1-7(2,3)8(4,5)6/h6-9,14H,10H2,1-5H3;1-5,9H;1-6H3. The first-order chi connectivity index (χ1) is 14.8. The van der Waals surface area contributed by atoms with Crippen LogP contribution in [0.15, 0.2) is 48.5 Å². The quantitative estimate of drug-likeness (QED) is 0.338. The summed E-state index contributed by atoms with van der Waals surface area (Å²) in [4.78, 5) is 10.0. The Hall–Kier alpha value is -1.90. The van der Waals surface area contributed by atoms with E-state index < -0.39 is 16.4 Å². The number of carbonyl (C=O) groups is 1. The van der Waals surface area contributed by atoms with Crippen LogP contribution < -0.4 is 4.43 Å². The van der Waals surface area contributed by atoms with Crippen LogP contribution in [0.4, 0.5) is 0 Å². The van der Waals surface area contributed by atoms with E-state index in [0.717, 1.165) is 17.6 Å². The first-order valence-corrected chi connectivity index (χ1v) is 17.9. The Morgan fingerprint density at radius 2 is 1.21 bits per heavy atom. The molecule has 0 aliphatic carbocycles. The van der Waals surface area contributed by atoms with Crippen LogP contribution in [-0.2, 0) is 6.61 Å². The predicted octanol–water partition coefficient (Wildman–Crippen LogP) is 7.89. The van der Waals surface area contributed by atoms with Gasteiger partial charge >= 0.3 is 0 Å². The first-order valence-electron chi connectivity index (χ1n) is 11.5. The van der Waals surface area contributed by atoms with Crippen LogP contribution in [0.5, 0.6) is 11.5 Å². The number of hydrogen-bond acceptors (Lipinski definition) is 4. The Kier molecular flexibility index (Phi) is 11.8. The fourth-order valence-corrected chi connectivity index (χ4v) is 2.70. The second-order valence-electron chi connectivity index (χ2n) is 11.9. The Bertz CT molecular complexity index is 811. The summed E-state index contributed by atoms with van der Waals surface area (Å²) < 4.78 is 6.12. The van der Waals surface area contributed by atoms with E-state index in [1.54, 1.807) is 12.1 Å². The summed E-state index contributed by atoms with van der Waals surface area (Å²) in [5.74, 6) is 1.09. The molecule has 0 aliphatic heterocycles. The Morgan fingerprint density at radius 3 is 1.52 bits per heavy atom. The topological polar surface area (TPSA) is 66.8 Å². The molecule has 0 saturated carbocycles. The highest BCUT2D eigenvalue weighted by molar-refractivity contribution is 6.78. The summed E-state index contributed by atoms with van der Waals surface area (Å²) in [5.41, 5.74) is 1.50. The van der Waals surface area contributed by atoms with Crippen molar-refractivity contribution in [1.29, 1.82) is 0 Å². The van der Waals surface area contributed by atoms with E-state index in [9.17, 15) is 4.79 Å². The molecule has 0 unspecified atom stereocenters. The zero-order valence-electron chi connectivity index (χ0n) is 22.6. The number of aliphatic hydroxyl groups is 1. The lowest BCUT2D eigenvalue weighted by Gasteiger charge is -2.36. The van der Waals surface area contributed by atoms with E-state index in [1.807, 2.05) is 24.3 Å². The number of aliphatic hydroxyl groups excluding tert-OH is 1. The molecule has 186 valence electrons. The van der Waals surface area contributed by atoms with E-state index in [2.05, 4.69) is 74.3 Å². The van der Waals surface area contributed by atoms with Gasteiger partial charge in [0.05, 0.1) is 6.61 Å². The largest absolute Gasteiger partial charge is 0.544 e. The number of phenols is 1. The smallest absolute Gasteiger partial charge is 0.250 e. The van der Waals surface area contributed by atoms with E-state index in [4.69, 9.17) is 14.6 Å². The van der Waals surface area contributed by atoms with Gasteiger partial charge in [-0.25, -0.2) is 0 Å². The second kappa shape index (κ2) is 12.5. The molecule has 33 heavy (non-hydrogen) atoms. The maximum absolute atomic E-state index is 10.0. The van der Waals surface area contributed by atoms with Gasteiger partial charge < -0.3 is 14.6 Å². The third-order valence-corrected chi connectivity index (χ3v) is 15.4. The molecule has 2 rings (SSSR count). The van der Waals surface area contributed by atoms with Gasteiger partial charge in [-0.15, -0.1) is 0 Å². The number of aldehydes is 1. The normalized spacial score (nSPS) is 12.0. The summed E-state index contributed by atoms with van der Waals surface area (Å²) in [6, 6.07) is 13.8. The van der Waals surface area contributed by atoms with Crippen LogP contribution in [0.1, 0.15) is 57.5 Å². The lowest BCUT2D eigenvalue weighted by atomic mass is 10.2. The Morgan fingerprint density at radius 1 is 0.788 bits per heavy atom. The maximum atomic E-state index is 10.0. The van der Waals surface area contributed by atoms with Crippen LogP contribution in [0, 0.1) is 0 Å². The average molecular weight is 491 g/mol. The molecule has 0 radical (unpaired) electrons. The highest BCUT2D eigenvalue weighted by Crippen LogP contribution is 2.37. The Labute approximate surface area is 204 Å². The van der Waals surface area contributed by atoms with Gasteiger partial charge in [0, 0.05) is 13.6 Å². The van der Waals surface area contributed by atoms with Gasteiger partial charge in [-0.2, -0.15) is 0 Å². The molecule has 2 aromatic carbocycles. The number of aromatic hydroxyl groups is 1. The third-order valence-electron chi connectivity index (χ3n) is 6.56. The molecule has 0 fully saturated rings. The van der Waals surface area contributed by atoms with Gasteiger partial charge in [0.15, 0.2) is 0 Å². The van der Waals surface area contributed by atoms with Crippen LogP contribution in [0.2, 0.25) is 42.8 Å². The molecule has 0 aromatic heterocycles. The number of rotatable bonds is 4. The summed E-state index contributed by atoms with van der Waals surface area (Å²) in [6.07, 6.45) is 0.736. The van der Waals surface area contributed by atoms with Crippen molar-refractivity contribution < 1.29 is 19.4 Å². The zero-order chi connectivity index (χ0) is 26.1. The molecule has 6 heteroatoms. The number of benzene rings is 2. The molecule has 0 aliphatic rings. The van der Waals surface area contributed by atoms with Gasteiger partial charge in [0.25, 0.3) is 0 Å². The van der Waals surface area contributed by atoms with Crippen molar-refractivity contribution in [2.45, 2.75) is 91.0 Å². The van der Waals surface area contributed by atoms with Crippen LogP contribution in [0.25, 0.3) is 0 Å². The molecular formula is C27H46O4Si2. The van der Waals surface area contributed by atoms with Crippen LogP contribution in [-0.4, -0.2) is 32.9 Å². The first kappa shape index (κ1) is 31.1. The van der Waals surface area contributed by atoms with E-state index >= 15 is 0 Å². The molecule has 2 aromatic rings. The minimum Gasteiger partial charge on any atom is -0.544 e. The van der Waals surface area contributed by atoms with Crippen LogP contribution in [0.3, 0.4) is 0 Å². The molecule has 0 heterocycles. The zero-order valence-corrected chi connectivity index (χ0v) is 24.6. The molecule has 0 atom stereocenters. The number of phenolic OH excluding ortho intramolecular Hbond substituents is 1. The highest BCUT2D eigenvalue weighted by atomic mass is 28.4. The van der Waals surface area contributed by atoms with Gasteiger partial charge in [0.2, 0.25) is 8.32 Å². The number of hydrogen-bond donors (Lipinski definition) is 2. The fraction of sp³-hybridized carbons (Fsp3) is 0.519. The summed E-state index contributed by atoms with van der Waals surface area (Å²) >= 11 is 0. The maximum Gasteiger partial charge on any atom is 0.250 e. The highest BCUT2D eigenvalue weighted by Gasteiger charge is 2.38. The van der Waals surface area contributed by atoms with Crippen molar-refractivity contribution in [3.8, 4) is 11.5 Å². The van der Waals surface area contributed by atoms with Gasteiger partial charge in [-0.05, 0) is 65.1 Å². The molecule has 2 N–H and O–H groups in total. The molecular weight excluding hydrogens is 444 g/mol. The minimum absolute atomic E-state index is 0.0837. The lowest BCUT2D eigenvalue weighted by molar-refractivity contribution is 0.112. The van der Waals surface area contributed by atoms with Crippen molar-refractivity contribution in [2.24, 2.45) is 0 Å². The SMILES string of the molecule is CC(C)(C)[Si](C)(C)C.CC(C)(C)[Si](C)(C)Oc1ccc(CO)cc1.O=Cc1ccc(O)cc1. The fourth-order valence-electron chi connectivity index (χ4n) is 1.66. The Balaban J connectivity index is 0.000000511. The van der Waals surface area contributed by atoms with Crippen molar-refractivity contribution in [3.63, 3.8) is 0 Å². The van der Waals surface area contributed by atoms with E-state index in [-0.39, 0.29) is 17.4 Å². The van der Waals surface area contributed by atoms with E-state index in [1.165, 1.54) is 12.1 Å². The van der Waals surface area contributed by atoms with E-state index in [0.29, 0.717) is 10.6 Å². The molecule has 0 amide bonds. The molecule has 0 bridgehead atoms. The molecule has 0 saturated heterocycles. The second-order valence-corrected chi connectivity index (χ2v) is 22.6. The number of carbonyl (C=O) groups excluding carboxylic acids is 1. The monoisotopic (exact) mass is 490 g/mol. The molecule has 4 nitrogen and oxygen atoms in total.